The van der Waals surface area contributed by atoms with Gasteiger partial charge in [-0.25, -0.2) is 0 Å². The number of nitrogen functional groups attached to an aromatic ring is 1. The molecule has 3 N–H and O–H groups in total. The van der Waals surface area contributed by atoms with Crippen molar-refractivity contribution in [2.24, 2.45) is 5.84 Å². The van der Waals surface area contributed by atoms with Crippen molar-refractivity contribution < 1.29 is 9.53 Å². The Morgan fingerprint density at radius 2 is 2.42 bits per heavy atom. The number of rotatable bonds is 4. The molecule has 1 aromatic rings. The molecule has 0 saturated carbocycles. The number of ether oxygens (including phenoxy) is 1. The van der Waals surface area contributed by atoms with Gasteiger partial charge in [-0.15, -0.1) is 0 Å². The minimum atomic E-state index is -0.119. The standard InChI is InChI=1S/C13H18ClN3O2/c1-17(8-10-3-2-6-19-10)13(18)11-7-9(14)4-5-12(11)16-15/h4-5,7,10,16H,2-3,6,8,15H2,1H3. The molecule has 104 valence electrons. The summed E-state index contributed by atoms with van der Waals surface area (Å²) in [6.07, 6.45) is 2.18. The minimum Gasteiger partial charge on any atom is -0.376 e. The molecule has 0 spiro atoms. The van der Waals surface area contributed by atoms with Gasteiger partial charge in [0.05, 0.1) is 17.4 Å². The predicted octanol–water partition coefficient (Wildman–Crippen LogP) is 1.88. The van der Waals surface area contributed by atoms with Crippen LogP contribution in [0, 0.1) is 0 Å². The molecule has 1 amide bonds. The van der Waals surface area contributed by atoms with Crippen molar-refractivity contribution in [1.82, 2.24) is 4.90 Å². The number of amides is 1. The zero-order valence-corrected chi connectivity index (χ0v) is 11.6. The van der Waals surface area contributed by atoms with Gasteiger partial charge >= 0.3 is 0 Å². The number of carbonyl (C=O) groups excluding carboxylic acids is 1. The second kappa shape index (κ2) is 6.23. The summed E-state index contributed by atoms with van der Waals surface area (Å²) in [6, 6.07) is 4.99. The van der Waals surface area contributed by atoms with Gasteiger partial charge in [0.25, 0.3) is 5.91 Å². The van der Waals surface area contributed by atoms with E-state index in [1.807, 2.05) is 0 Å². The van der Waals surface area contributed by atoms with Crippen LogP contribution in [-0.2, 0) is 4.74 Å². The highest BCUT2D eigenvalue weighted by Crippen LogP contribution is 2.22. The summed E-state index contributed by atoms with van der Waals surface area (Å²) < 4.78 is 5.53. The average molecular weight is 284 g/mol. The van der Waals surface area contributed by atoms with Crippen molar-refractivity contribution in [1.29, 1.82) is 0 Å². The molecule has 2 rings (SSSR count). The van der Waals surface area contributed by atoms with Gasteiger partial charge < -0.3 is 15.1 Å². The molecule has 0 bridgehead atoms. The van der Waals surface area contributed by atoms with Crippen molar-refractivity contribution in [2.45, 2.75) is 18.9 Å². The zero-order valence-electron chi connectivity index (χ0n) is 10.9. The van der Waals surface area contributed by atoms with Crippen LogP contribution in [0.2, 0.25) is 5.02 Å². The zero-order chi connectivity index (χ0) is 13.8. The fourth-order valence-corrected chi connectivity index (χ4v) is 2.37. The second-order valence-electron chi connectivity index (χ2n) is 4.65. The summed E-state index contributed by atoms with van der Waals surface area (Å²) in [7, 11) is 1.76. The molecule has 1 saturated heterocycles. The number of halogens is 1. The Morgan fingerprint density at radius 1 is 1.63 bits per heavy atom. The Morgan fingerprint density at radius 3 is 3.05 bits per heavy atom. The fourth-order valence-electron chi connectivity index (χ4n) is 2.20. The van der Waals surface area contributed by atoms with E-state index in [1.165, 1.54) is 0 Å². The van der Waals surface area contributed by atoms with Gasteiger partial charge in [-0.2, -0.15) is 0 Å². The third-order valence-electron chi connectivity index (χ3n) is 3.22. The van der Waals surface area contributed by atoms with Gasteiger partial charge in [0.2, 0.25) is 0 Å². The molecule has 6 heteroatoms. The van der Waals surface area contributed by atoms with Crippen LogP contribution >= 0.6 is 11.6 Å². The van der Waals surface area contributed by atoms with E-state index in [2.05, 4.69) is 5.43 Å². The van der Waals surface area contributed by atoms with E-state index in [4.69, 9.17) is 22.2 Å². The number of hydrogen-bond donors (Lipinski definition) is 2. The average Bonchev–Trinajstić information content (AvgIpc) is 2.90. The smallest absolute Gasteiger partial charge is 0.255 e. The Bertz CT molecular complexity index is 461. The Hall–Kier alpha value is -1.30. The van der Waals surface area contributed by atoms with E-state index in [-0.39, 0.29) is 12.0 Å². The quantitative estimate of drug-likeness (QED) is 0.654. The van der Waals surface area contributed by atoms with E-state index in [1.54, 1.807) is 30.1 Å². The van der Waals surface area contributed by atoms with Gasteiger partial charge in [-0.1, -0.05) is 11.6 Å². The molecular weight excluding hydrogens is 266 g/mol. The number of nitrogens with one attached hydrogen (secondary N) is 1. The van der Waals surface area contributed by atoms with Crippen LogP contribution in [0.5, 0.6) is 0 Å². The topological polar surface area (TPSA) is 67.6 Å². The summed E-state index contributed by atoms with van der Waals surface area (Å²) in [5, 5.41) is 0.507. The molecule has 1 unspecified atom stereocenters. The number of carbonyl (C=O) groups is 1. The van der Waals surface area contributed by atoms with Crippen LogP contribution in [0.15, 0.2) is 18.2 Å². The lowest BCUT2D eigenvalue weighted by Gasteiger charge is -2.22. The molecule has 0 aromatic heterocycles. The van der Waals surface area contributed by atoms with Gasteiger partial charge in [0.1, 0.15) is 0 Å². The molecule has 0 aliphatic carbocycles. The number of hydrogen-bond acceptors (Lipinski definition) is 4. The van der Waals surface area contributed by atoms with E-state index < -0.39 is 0 Å². The number of hydrazine groups is 1. The molecule has 1 aliphatic heterocycles. The van der Waals surface area contributed by atoms with Gasteiger partial charge in [0.15, 0.2) is 0 Å². The minimum absolute atomic E-state index is 0.119. The maximum Gasteiger partial charge on any atom is 0.255 e. The lowest BCUT2D eigenvalue weighted by molar-refractivity contribution is 0.0588. The lowest BCUT2D eigenvalue weighted by Crippen LogP contribution is -2.34. The molecule has 5 nitrogen and oxygen atoms in total. The summed E-state index contributed by atoms with van der Waals surface area (Å²) >= 11 is 5.93. The van der Waals surface area contributed by atoms with Gasteiger partial charge in [-0.3, -0.25) is 10.6 Å². The van der Waals surface area contributed by atoms with Crippen molar-refractivity contribution >= 4 is 23.2 Å². The van der Waals surface area contributed by atoms with Crippen molar-refractivity contribution in [2.75, 3.05) is 25.6 Å². The number of benzene rings is 1. The van der Waals surface area contributed by atoms with Crippen LogP contribution in [-0.4, -0.2) is 37.1 Å². The van der Waals surface area contributed by atoms with E-state index in [9.17, 15) is 4.79 Å². The summed E-state index contributed by atoms with van der Waals surface area (Å²) in [4.78, 5) is 14.0. The van der Waals surface area contributed by atoms with Crippen molar-refractivity contribution in [3.05, 3.63) is 28.8 Å². The number of nitrogens with two attached hydrogens (primary N) is 1. The second-order valence-corrected chi connectivity index (χ2v) is 5.09. The Balaban J connectivity index is 2.11. The van der Waals surface area contributed by atoms with E-state index in [0.717, 1.165) is 19.4 Å². The molecule has 1 aliphatic rings. The highest BCUT2D eigenvalue weighted by Gasteiger charge is 2.22. The first-order valence-corrected chi connectivity index (χ1v) is 6.63. The number of anilines is 1. The van der Waals surface area contributed by atoms with Crippen LogP contribution in [0.25, 0.3) is 0 Å². The molecule has 19 heavy (non-hydrogen) atoms. The monoisotopic (exact) mass is 283 g/mol. The van der Waals surface area contributed by atoms with Gasteiger partial charge in [-0.05, 0) is 31.0 Å². The maximum atomic E-state index is 12.4. The highest BCUT2D eigenvalue weighted by molar-refractivity contribution is 6.31. The first-order chi connectivity index (χ1) is 9.11. The predicted molar refractivity (Wildman–Crippen MR) is 75.2 cm³/mol. The van der Waals surface area contributed by atoms with E-state index >= 15 is 0 Å². The molecule has 0 radical (unpaired) electrons. The van der Waals surface area contributed by atoms with E-state index in [0.29, 0.717) is 22.8 Å². The third kappa shape index (κ3) is 3.37. The number of likely N-dealkylation sites (N-methyl/N-ethyl adjacent to an activating group) is 1. The van der Waals surface area contributed by atoms with Crippen molar-refractivity contribution in [3.63, 3.8) is 0 Å². The van der Waals surface area contributed by atoms with Crippen LogP contribution in [0.1, 0.15) is 23.2 Å². The largest absolute Gasteiger partial charge is 0.376 e. The molecule has 1 heterocycles. The van der Waals surface area contributed by atoms with Crippen LogP contribution < -0.4 is 11.3 Å². The first kappa shape index (κ1) is 14.1. The summed E-state index contributed by atoms with van der Waals surface area (Å²) in [6.45, 7) is 1.36. The summed E-state index contributed by atoms with van der Waals surface area (Å²) in [5.41, 5.74) is 3.55. The highest BCUT2D eigenvalue weighted by atomic mass is 35.5. The van der Waals surface area contributed by atoms with Gasteiger partial charge in [0, 0.05) is 25.2 Å². The Kier molecular flexibility index (Phi) is 4.63. The Labute approximate surface area is 117 Å². The molecule has 1 atom stereocenters. The fraction of sp³-hybridized carbons (Fsp3) is 0.462. The SMILES string of the molecule is CN(CC1CCCO1)C(=O)c1cc(Cl)ccc1NN. The number of nitrogens with zero attached hydrogens (tertiary/aromatic N) is 1. The lowest BCUT2D eigenvalue weighted by atomic mass is 10.1. The normalized spacial score (nSPS) is 18.4. The van der Waals surface area contributed by atoms with Crippen molar-refractivity contribution in [3.8, 4) is 0 Å². The molecule has 1 aromatic carbocycles. The molecular formula is C13H18ClN3O2. The van der Waals surface area contributed by atoms with Crippen LogP contribution in [0.3, 0.4) is 0 Å². The van der Waals surface area contributed by atoms with Crippen LogP contribution in [0.4, 0.5) is 5.69 Å². The first-order valence-electron chi connectivity index (χ1n) is 6.25. The third-order valence-corrected chi connectivity index (χ3v) is 3.45. The maximum absolute atomic E-state index is 12.4. The summed E-state index contributed by atoms with van der Waals surface area (Å²) in [5.74, 6) is 5.29. The molecule has 1 fully saturated rings.